The van der Waals surface area contributed by atoms with Crippen molar-refractivity contribution in [3.8, 4) is 0 Å². The van der Waals surface area contributed by atoms with Crippen LogP contribution in [0.3, 0.4) is 0 Å². The lowest BCUT2D eigenvalue weighted by Crippen LogP contribution is -2.52. The molecule has 0 bridgehead atoms. The maximum Gasteiger partial charge on any atom is 0.116 e. The second-order valence-corrected chi connectivity index (χ2v) is 4.12. The molecule has 0 aromatic rings. The largest absolute Gasteiger partial charge is 0.385 e. The van der Waals surface area contributed by atoms with Gasteiger partial charge in [-0.2, -0.15) is 0 Å². The van der Waals surface area contributed by atoms with Crippen LogP contribution < -0.4 is 5.32 Å². The van der Waals surface area contributed by atoms with E-state index in [-0.39, 0.29) is 18.1 Å². The van der Waals surface area contributed by atoms with Crippen LogP contribution in [0.25, 0.3) is 0 Å². The van der Waals surface area contributed by atoms with E-state index in [0.29, 0.717) is 5.92 Å². The minimum Gasteiger partial charge on any atom is -0.385 e. The zero-order valence-electron chi connectivity index (χ0n) is 9.34. The Morgan fingerprint density at radius 3 is 2.79 bits per heavy atom. The van der Waals surface area contributed by atoms with E-state index in [9.17, 15) is 0 Å². The molecule has 4 heteroatoms. The summed E-state index contributed by atoms with van der Waals surface area (Å²) in [7, 11) is 1.74. The van der Waals surface area contributed by atoms with Crippen LogP contribution in [0.4, 0.5) is 0 Å². The Labute approximate surface area is 92.9 Å². The molecule has 0 spiro atoms. The van der Waals surface area contributed by atoms with Gasteiger partial charge in [0.05, 0.1) is 6.61 Å². The first-order valence-corrected chi connectivity index (χ1v) is 5.04. The molecule has 1 aliphatic heterocycles. The number of rotatable bonds is 4. The quantitative estimate of drug-likeness (QED) is 0.738. The summed E-state index contributed by atoms with van der Waals surface area (Å²) in [5, 5.41) is 3.43. The highest BCUT2D eigenvalue weighted by atomic mass is 35.5. The van der Waals surface area contributed by atoms with Crippen molar-refractivity contribution in [2.45, 2.75) is 32.4 Å². The summed E-state index contributed by atoms with van der Waals surface area (Å²) in [5.74, 6) is 0.635. The maximum absolute atomic E-state index is 5.76. The van der Waals surface area contributed by atoms with Crippen LogP contribution in [-0.2, 0) is 9.47 Å². The Morgan fingerprint density at radius 2 is 2.29 bits per heavy atom. The van der Waals surface area contributed by atoms with Crippen LogP contribution in [0.1, 0.15) is 26.7 Å². The third-order valence-electron chi connectivity index (χ3n) is 2.51. The summed E-state index contributed by atoms with van der Waals surface area (Å²) >= 11 is 0. The highest BCUT2D eigenvalue weighted by Gasteiger charge is 2.28. The van der Waals surface area contributed by atoms with Crippen LogP contribution in [0.5, 0.6) is 0 Å². The summed E-state index contributed by atoms with van der Waals surface area (Å²) in [6.45, 7) is 7.06. The van der Waals surface area contributed by atoms with Crippen LogP contribution >= 0.6 is 12.4 Å². The molecule has 1 rings (SSSR count). The highest BCUT2D eigenvalue weighted by molar-refractivity contribution is 5.85. The molecule has 0 saturated carbocycles. The number of hydrogen-bond donors (Lipinski definition) is 1. The van der Waals surface area contributed by atoms with E-state index in [1.807, 2.05) is 0 Å². The standard InChI is InChI=1S/C10H21NO2.ClH/c1-9-7-11-10(2,13-8-9)5-4-6-12-3;/h9,11H,4-8H2,1-3H3;1H. The molecule has 0 amide bonds. The van der Waals surface area contributed by atoms with Crippen LogP contribution in [0.15, 0.2) is 0 Å². The van der Waals surface area contributed by atoms with Crippen LogP contribution in [0.2, 0.25) is 0 Å². The van der Waals surface area contributed by atoms with Gasteiger partial charge in [0.2, 0.25) is 0 Å². The molecule has 1 N–H and O–H groups in total. The topological polar surface area (TPSA) is 30.5 Å². The average molecular weight is 224 g/mol. The van der Waals surface area contributed by atoms with Crippen molar-refractivity contribution in [3.63, 3.8) is 0 Å². The number of halogens is 1. The van der Waals surface area contributed by atoms with E-state index in [1.54, 1.807) is 7.11 Å². The maximum atomic E-state index is 5.76. The van der Waals surface area contributed by atoms with Crippen LogP contribution in [-0.4, -0.2) is 32.6 Å². The molecule has 2 atom stereocenters. The first-order valence-electron chi connectivity index (χ1n) is 5.04. The minimum absolute atomic E-state index is 0. The van der Waals surface area contributed by atoms with Gasteiger partial charge in [0.15, 0.2) is 0 Å². The summed E-state index contributed by atoms with van der Waals surface area (Å²) < 4.78 is 10.8. The average Bonchev–Trinajstić information content (AvgIpc) is 2.12. The molecule has 2 unspecified atom stereocenters. The summed E-state index contributed by atoms with van der Waals surface area (Å²) in [6.07, 6.45) is 2.07. The second kappa shape index (κ2) is 6.62. The highest BCUT2D eigenvalue weighted by Crippen LogP contribution is 2.19. The fourth-order valence-corrected chi connectivity index (χ4v) is 1.54. The van der Waals surface area contributed by atoms with Crippen molar-refractivity contribution in [1.29, 1.82) is 0 Å². The third kappa shape index (κ3) is 4.60. The Bertz CT molecular complexity index is 147. The van der Waals surface area contributed by atoms with Gasteiger partial charge in [-0.1, -0.05) is 6.92 Å². The summed E-state index contributed by atoms with van der Waals surface area (Å²) in [5.41, 5.74) is -0.120. The van der Waals surface area contributed by atoms with Crippen molar-refractivity contribution >= 4 is 12.4 Å². The van der Waals surface area contributed by atoms with Gasteiger partial charge in [0.25, 0.3) is 0 Å². The van der Waals surface area contributed by atoms with Gasteiger partial charge < -0.3 is 9.47 Å². The fraction of sp³-hybridized carbons (Fsp3) is 1.00. The zero-order valence-corrected chi connectivity index (χ0v) is 10.2. The van der Waals surface area contributed by atoms with E-state index < -0.39 is 0 Å². The van der Waals surface area contributed by atoms with Gasteiger partial charge in [-0.05, 0) is 25.7 Å². The molecule has 0 aliphatic carbocycles. The second-order valence-electron chi connectivity index (χ2n) is 4.12. The van der Waals surface area contributed by atoms with E-state index in [0.717, 1.165) is 32.6 Å². The van der Waals surface area contributed by atoms with Crippen molar-refractivity contribution in [2.75, 3.05) is 26.9 Å². The number of hydrogen-bond acceptors (Lipinski definition) is 3. The number of methoxy groups -OCH3 is 1. The van der Waals surface area contributed by atoms with E-state index in [1.165, 1.54) is 0 Å². The van der Waals surface area contributed by atoms with Crippen molar-refractivity contribution in [2.24, 2.45) is 5.92 Å². The lowest BCUT2D eigenvalue weighted by Gasteiger charge is -2.37. The van der Waals surface area contributed by atoms with Crippen molar-refractivity contribution in [1.82, 2.24) is 5.32 Å². The number of ether oxygens (including phenoxy) is 2. The Hall–Kier alpha value is 0.170. The van der Waals surface area contributed by atoms with Crippen LogP contribution in [0, 0.1) is 5.92 Å². The predicted molar refractivity (Wildman–Crippen MR) is 59.9 cm³/mol. The SMILES string of the molecule is COCCCC1(C)NCC(C)CO1.Cl. The van der Waals surface area contributed by atoms with E-state index >= 15 is 0 Å². The molecule has 86 valence electrons. The molecule has 1 fully saturated rings. The normalized spacial score (nSPS) is 32.4. The fourth-order valence-electron chi connectivity index (χ4n) is 1.54. The molecule has 1 aliphatic rings. The van der Waals surface area contributed by atoms with Gasteiger partial charge in [0.1, 0.15) is 5.72 Å². The molecular weight excluding hydrogens is 202 g/mol. The molecule has 14 heavy (non-hydrogen) atoms. The molecule has 0 radical (unpaired) electrons. The van der Waals surface area contributed by atoms with E-state index in [4.69, 9.17) is 9.47 Å². The molecule has 0 aromatic heterocycles. The van der Waals surface area contributed by atoms with Gasteiger partial charge >= 0.3 is 0 Å². The summed E-state index contributed by atoms with van der Waals surface area (Å²) in [6, 6.07) is 0. The molecule has 1 saturated heterocycles. The molecule has 1 heterocycles. The van der Waals surface area contributed by atoms with E-state index in [2.05, 4.69) is 19.2 Å². The third-order valence-corrected chi connectivity index (χ3v) is 2.51. The first kappa shape index (κ1) is 14.2. The van der Waals surface area contributed by atoms with Gasteiger partial charge in [-0.15, -0.1) is 12.4 Å². The minimum atomic E-state index is -0.120. The molecule has 0 aromatic carbocycles. The lowest BCUT2D eigenvalue weighted by atomic mass is 10.0. The van der Waals surface area contributed by atoms with Crippen molar-refractivity contribution in [3.05, 3.63) is 0 Å². The van der Waals surface area contributed by atoms with Crippen molar-refractivity contribution < 1.29 is 9.47 Å². The van der Waals surface area contributed by atoms with Gasteiger partial charge in [-0.3, -0.25) is 5.32 Å². The number of nitrogens with one attached hydrogen (secondary N) is 1. The smallest absolute Gasteiger partial charge is 0.116 e. The Balaban J connectivity index is 0.00000169. The predicted octanol–water partition coefficient (Wildman–Crippen LogP) is 1.81. The first-order chi connectivity index (χ1) is 6.16. The zero-order chi connectivity index (χ0) is 9.73. The van der Waals surface area contributed by atoms with Gasteiger partial charge in [0, 0.05) is 20.3 Å². The summed E-state index contributed by atoms with van der Waals surface area (Å²) in [4.78, 5) is 0. The monoisotopic (exact) mass is 223 g/mol. The molecular formula is C10H22ClNO2. The Morgan fingerprint density at radius 1 is 1.57 bits per heavy atom. The van der Waals surface area contributed by atoms with Gasteiger partial charge in [-0.25, -0.2) is 0 Å². The molecule has 3 nitrogen and oxygen atoms in total. The lowest BCUT2D eigenvalue weighted by molar-refractivity contribution is -0.108. The Kier molecular flexibility index (Phi) is 6.70.